The summed E-state index contributed by atoms with van der Waals surface area (Å²) in [4.78, 5) is 9.16. The van der Waals surface area contributed by atoms with E-state index in [0.717, 1.165) is 26.1 Å². The molecule has 0 aromatic carbocycles. The Kier molecular flexibility index (Phi) is 6.64. The molecular formula is C21H32N2OS. The Hall–Kier alpha value is -1.39. The molecule has 2 rings (SSSR count). The van der Waals surface area contributed by atoms with Crippen LogP contribution in [0.1, 0.15) is 43.9 Å². The molecule has 1 saturated heterocycles. The van der Waals surface area contributed by atoms with Gasteiger partial charge in [-0.25, -0.2) is 0 Å². The molecule has 3 nitrogen and oxygen atoms in total. The van der Waals surface area contributed by atoms with E-state index >= 15 is 0 Å². The molecule has 1 aliphatic heterocycles. The first-order valence-corrected chi connectivity index (χ1v) is 9.80. The topological polar surface area (TPSA) is 35.8 Å². The van der Waals surface area contributed by atoms with Crippen LogP contribution in [0.2, 0.25) is 0 Å². The van der Waals surface area contributed by atoms with E-state index in [4.69, 9.17) is 0 Å². The first-order chi connectivity index (χ1) is 11.7. The Morgan fingerprint density at radius 2 is 2.12 bits per heavy atom. The quantitative estimate of drug-likeness (QED) is 0.563. The van der Waals surface area contributed by atoms with Crippen molar-refractivity contribution in [2.45, 2.75) is 40.7 Å². The zero-order valence-electron chi connectivity index (χ0n) is 16.2. The van der Waals surface area contributed by atoms with Gasteiger partial charge in [-0.3, -0.25) is 9.89 Å². The summed E-state index contributed by atoms with van der Waals surface area (Å²) >= 11 is 1.85. The molecule has 25 heavy (non-hydrogen) atoms. The normalized spacial score (nSPS) is 23.3. The first-order valence-electron chi connectivity index (χ1n) is 8.99. The Bertz CT molecular complexity index is 651. The van der Waals surface area contributed by atoms with Crippen molar-refractivity contribution in [1.82, 2.24) is 4.90 Å². The van der Waals surface area contributed by atoms with E-state index in [0.29, 0.717) is 11.7 Å². The molecule has 0 spiro atoms. The van der Waals surface area contributed by atoms with Gasteiger partial charge >= 0.3 is 0 Å². The number of thiophene rings is 1. The van der Waals surface area contributed by atoms with Crippen LogP contribution in [0, 0.1) is 17.3 Å². The molecule has 1 aromatic heterocycles. The lowest BCUT2D eigenvalue weighted by Gasteiger charge is -2.43. The molecule has 0 amide bonds. The van der Waals surface area contributed by atoms with Crippen LogP contribution >= 0.6 is 11.3 Å². The summed E-state index contributed by atoms with van der Waals surface area (Å²) < 4.78 is 0. The van der Waals surface area contributed by atoms with Gasteiger partial charge in [-0.1, -0.05) is 27.4 Å². The van der Waals surface area contributed by atoms with E-state index < -0.39 is 0 Å². The minimum Gasteiger partial charge on any atom is -0.513 e. The fourth-order valence-electron chi connectivity index (χ4n) is 3.35. The lowest BCUT2D eigenvalue weighted by molar-refractivity contribution is 0.0563. The summed E-state index contributed by atoms with van der Waals surface area (Å²) in [6.45, 7) is 15.7. The highest BCUT2D eigenvalue weighted by atomic mass is 32.1. The highest BCUT2D eigenvalue weighted by Crippen LogP contribution is 2.38. The van der Waals surface area contributed by atoms with Gasteiger partial charge in [0.2, 0.25) is 0 Å². The molecule has 1 N–H and O–H groups in total. The van der Waals surface area contributed by atoms with Gasteiger partial charge in [-0.05, 0) is 48.5 Å². The third kappa shape index (κ3) is 5.55. The second kappa shape index (κ2) is 8.33. The number of likely N-dealkylation sites (tertiary alicyclic amines) is 1. The van der Waals surface area contributed by atoms with Gasteiger partial charge < -0.3 is 5.11 Å². The number of piperidine rings is 1. The molecule has 2 atom stereocenters. The van der Waals surface area contributed by atoms with E-state index in [1.54, 1.807) is 7.05 Å². The van der Waals surface area contributed by atoms with Crippen LogP contribution in [0.4, 0.5) is 0 Å². The molecule has 4 heteroatoms. The highest BCUT2D eigenvalue weighted by Gasteiger charge is 2.35. The average Bonchev–Trinajstić information content (AvgIpc) is 3.00. The predicted octanol–water partition coefficient (Wildman–Crippen LogP) is 5.41. The van der Waals surface area contributed by atoms with Crippen LogP contribution in [-0.4, -0.2) is 36.4 Å². The number of rotatable bonds is 5. The summed E-state index contributed by atoms with van der Waals surface area (Å²) in [6.07, 6.45) is 4.92. The summed E-state index contributed by atoms with van der Waals surface area (Å²) in [5, 5.41) is 9.97. The Morgan fingerprint density at radius 1 is 1.40 bits per heavy atom. The summed E-state index contributed by atoms with van der Waals surface area (Å²) in [7, 11) is 1.79. The summed E-state index contributed by atoms with van der Waals surface area (Å²) in [6, 6.07) is 4.42. The zero-order chi connectivity index (χ0) is 18.6. The van der Waals surface area contributed by atoms with Crippen LogP contribution in [0.25, 0.3) is 5.57 Å². The maximum Gasteiger partial charge on any atom is 0.0894 e. The first kappa shape index (κ1) is 19.9. The minimum atomic E-state index is 0.180. The van der Waals surface area contributed by atoms with Crippen molar-refractivity contribution in [2.24, 2.45) is 22.2 Å². The van der Waals surface area contributed by atoms with Crippen molar-refractivity contribution in [1.29, 1.82) is 0 Å². The van der Waals surface area contributed by atoms with Gasteiger partial charge in [-0.2, -0.15) is 0 Å². The fourth-order valence-corrected chi connectivity index (χ4v) is 4.38. The molecule has 2 heterocycles. The van der Waals surface area contributed by atoms with Crippen molar-refractivity contribution in [3.63, 3.8) is 0 Å². The Labute approximate surface area is 156 Å². The van der Waals surface area contributed by atoms with Crippen molar-refractivity contribution in [3.05, 3.63) is 40.3 Å². The molecule has 0 radical (unpaired) electrons. The van der Waals surface area contributed by atoms with Crippen LogP contribution in [0.15, 0.2) is 35.5 Å². The van der Waals surface area contributed by atoms with Crippen molar-refractivity contribution in [3.8, 4) is 0 Å². The second-order valence-corrected chi connectivity index (χ2v) is 9.37. The van der Waals surface area contributed by atoms with Crippen LogP contribution in [0.5, 0.6) is 0 Å². The third-order valence-corrected chi connectivity index (χ3v) is 6.33. The van der Waals surface area contributed by atoms with Gasteiger partial charge in [0.1, 0.15) is 0 Å². The highest BCUT2D eigenvalue weighted by molar-refractivity contribution is 7.13. The smallest absolute Gasteiger partial charge is 0.0894 e. The summed E-state index contributed by atoms with van der Waals surface area (Å²) in [5.41, 5.74) is 1.49. The molecule has 1 fully saturated rings. The van der Waals surface area contributed by atoms with Crippen molar-refractivity contribution >= 4 is 23.1 Å². The number of hydrogen-bond donors (Lipinski definition) is 1. The zero-order valence-corrected chi connectivity index (χ0v) is 17.1. The largest absolute Gasteiger partial charge is 0.513 e. The van der Waals surface area contributed by atoms with Crippen LogP contribution < -0.4 is 0 Å². The SMILES string of the molecule is C=C(O)C1CC(C(C)(C)C)CN(Cc2ccc(/C(C)=C/C=NC)s2)C1. The molecule has 0 saturated carbocycles. The molecule has 0 aliphatic carbocycles. The molecule has 1 aliphatic rings. The third-order valence-electron chi connectivity index (χ3n) is 5.13. The van der Waals surface area contributed by atoms with Crippen LogP contribution in [0.3, 0.4) is 0 Å². The number of aliphatic hydroxyl groups excluding tert-OH is 1. The standard InChI is InChI=1S/C21H32N2OS/c1-15(9-10-22-6)20-8-7-19(25-20)14-23-12-17(16(2)24)11-18(13-23)21(3,4)5/h7-10,17-18,24H,2,11-14H2,1,3-6H3/b15-9+,22-10?. The van der Waals surface area contributed by atoms with E-state index in [-0.39, 0.29) is 11.3 Å². The monoisotopic (exact) mass is 360 g/mol. The van der Waals surface area contributed by atoms with E-state index in [2.05, 4.69) is 62.4 Å². The predicted molar refractivity (Wildman–Crippen MR) is 110 cm³/mol. The Balaban J connectivity index is 2.10. The number of nitrogens with zero attached hydrogens (tertiary/aromatic N) is 2. The maximum absolute atomic E-state index is 9.97. The number of hydrogen-bond acceptors (Lipinski definition) is 4. The van der Waals surface area contributed by atoms with Gasteiger partial charge in [0, 0.05) is 48.6 Å². The van der Waals surface area contributed by atoms with Crippen molar-refractivity contribution < 1.29 is 5.11 Å². The molecule has 2 unspecified atom stereocenters. The van der Waals surface area contributed by atoms with E-state index in [9.17, 15) is 5.11 Å². The average molecular weight is 361 g/mol. The Morgan fingerprint density at radius 3 is 2.72 bits per heavy atom. The summed E-state index contributed by atoms with van der Waals surface area (Å²) in [5.74, 6) is 1.08. The second-order valence-electron chi connectivity index (χ2n) is 8.20. The van der Waals surface area contributed by atoms with Gasteiger partial charge in [0.05, 0.1) is 5.76 Å². The molecular weight excluding hydrogens is 328 g/mol. The molecule has 0 bridgehead atoms. The minimum absolute atomic E-state index is 0.180. The van der Waals surface area contributed by atoms with Gasteiger partial charge in [0.15, 0.2) is 0 Å². The van der Waals surface area contributed by atoms with Gasteiger partial charge in [-0.15, -0.1) is 11.3 Å². The van der Waals surface area contributed by atoms with E-state index in [1.165, 1.54) is 15.3 Å². The van der Waals surface area contributed by atoms with E-state index in [1.807, 2.05) is 17.6 Å². The van der Waals surface area contributed by atoms with Crippen molar-refractivity contribution in [2.75, 3.05) is 20.1 Å². The fraction of sp³-hybridized carbons (Fsp3) is 0.571. The lowest BCUT2D eigenvalue weighted by Crippen LogP contribution is -2.44. The molecule has 1 aromatic rings. The van der Waals surface area contributed by atoms with Crippen LogP contribution in [-0.2, 0) is 6.54 Å². The number of aliphatic imine (C=N–C) groups is 1. The molecule has 138 valence electrons. The number of aliphatic hydroxyl groups is 1. The lowest BCUT2D eigenvalue weighted by atomic mass is 9.73. The van der Waals surface area contributed by atoms with Gasteiger partial charge in [0.25, 0.3) is 0 Å². The number of allylic oxidation sites excluding steroid dienone is 2. The maximum atomic E-state index is 9.97.